The lowest BCUT2D eigenvalue weighted by molar-refractivity contribution is 0.551. The number of aromatic nitrogens is 6. The molecule has 12 heteroatoms. The quantitative estimate of drug-likeness (QED) is 0.403. The van der Waals surface area contributed by atoms with Crippen LogP contribution in [0.15, 0.2) is 66.0 Å². The second-order valence-corrected chi connectivity index (χ2v) is 8.08. The molecule has 160 valence electrons. The van der Waals surface area contributed by atoms with E-state index in [0.717, 1.165) is 0 Å². The first-order chi connectivity index (χ1) is 16.2. The van der Waals surface area contributed by atoms with Crippen LogP contribution in [0.2, 0.25) is 5.21 Å². The highest BCUT2D eigenvalue weighted by Crippen LogP contribution is 2.41. The highest BCUT2D eigenvalue weighted by Gasteiger charge is 2.42. The van der Waals surface area contributed by atoms with Crippen LogP contribution in [0.1, 0.15) is 12.7 Å². The molecule has 0 fully saturated rings. The maximum Gasteiger partial charge on any atom is 0.269 e. The summed E-state index contributed by atoms with van der Waals surface area (Å²) in [6, 6.07) is 12.7. The van der Waals surface area contributed by atoms with Gasteiger partial charge in [-0.15, -0.1) is 0 Å². The van der Waals surface area contributed by atoms with Crippen LogP contribution in [0, 0.1) is 5.82 Å². The number of hydrogen-bond donors (Lipinski definition) is 2. The average molecular weight is 445 g/mol. The Morgan fingerprint density at radius 2 is 1.79 bits per heavy atom. The van der Waals surface area contributed by atoms with E-state index in [0.29, 0.717) is 16.9 Å². The van der Waals surface area contributed by atoms with Gasteiger partial charge in [0.05, 0.1) is 33.2 Å². The van der Waals surface area contributed by atoms with E-state index >= 15 is 0 Å². The fourth-order valence-corrected chi connectivity index (χ4v) is 3.75. The van der Waals surface area contributed by atoms with Crippen molar-refractivity contribution in [3.8, 4) is 5.69 Å². The summed E-state index contributed by atoms with van der Waals surface area (Å²) in [7, 11) is 19.6. The Bertz CT molecular complexity index is 1580. The molecule has 0 amide bonds. The van der Waals surface area contributed by atoms with E-state index in [1.165, 1.54) is 42.3 Å². The second-order valence-electron chi connectivity index (χ2n) is 8.08. The van der Waals surface area contributed by atoms with Gasteiger partial charge in [-0.05, 0) is 24.3 Å². The normalized spacial score (nSPS) is 13.7. The summed E-state index contributed by atoms with van der Waals surface area (Å²) < 4.78 is 15.9. The second kappa shape index (κ2) is 7.83. The molecule has 5 aromatic rings. The molecule has 0 saturated carbocycles. The predicted octanol–water partition coefficient (Wildman–Crippen LogP) is 2.10. The van der Waals surface area contributed by atoms with Gasteiger partial charge in [-0.2, -0.15) is 0 Å². The van der Waals surface area contributed by atoms with Gasteiger partial charge in [0.15, 0.2) is 11.5 Å². The van der Waals surface area contributed by atoms with Gasteiger partial charge >= 0.3 is 0 Å². The third-order valence-corrected chi connectivity index (χ3v) is 5.60. The summed E-state index contributed by atoms with van der Waals surface area (Å²) in [4.78, 5) is 33.6. The number of nitrogens with zero attached hydrogens (tertiary/aromatic N) is 5. The molecule has 0 saturated heterocycles. The Hall–Kier alpha value is -3.95. The van der Waals surface area contributed by atoms with Crippen molar-refractivity contribution in [2.45, 2.75) is 17.6 Å². The fourth-order valence-electron chi connectivity index (χ4n) is 3.75. The molecular formula is C22H15B3FN7O. The molecule has 0 aliphatic carbocycles. The van der Waals surface area contributed by atoms with Crippen molar-refractivity contribution >= 4 is 51.4 Å². The first-order valence-electron chi connectivity index (χ1n) is 10.3. The van der Waals surface area contributed by atoms with Gasteiger partial charge in [-0.1, -0.05) is 36.4 Å². The van der Waals surface area contributed by atoms with E-state index in [1.807, 2.05) is 0 Å². The molecule has 0 aliphatic rings. The number of rotatable bonds is 5. The van der Waals surface area contributed by atoms with Crippen LogP contribution in [0.3, 0.4) is 0 Å². The monoisotopic (exact) mass is 445 g/mol. The Labute approximate surface area is 197 Å². The summed E-state index contributed by atoms with van der Waals surface area (Å²) in [5, 5.41) is 1.16. The lowest BCUT2D eigenvalue weighted by Gasteiger charge is -2.45. The largest absolute Gasteiger partial charge is 0.365 e. The third-order valence-electron chi connectivity index (χ3n) is 5.60. The molecule has 34 heavy (non-hydrogen) atoms. The summed E-state index contributed by atoms with van der Waals surface area (Å²) in [6.45, 7) is 1.47. The van der Waals surface area contributed by atoms with E-state index in [9.17, 15) is 9.18 Å². The topological polar surface area (TPSA) is 101 Å². The lowest BCUT2D eigenvalue weighted by Crippen LogP contribution is -2.51. The number of hydrogen-bond acceptors (Lipinski definition) is 6. The van der Waals surface area contributed by atoms with Gasteiger partial charge in [0, 0.05) is 5.44 Å². The molecule has 8 nitrogen and oxygen atoms in total. The smallest absolute Gasteiger partial charge is 0.269 e. The average Bonchev–Trinajstić information content (AvgIpc) is 3.28. The van der Waals surface area contributed by atoms with Crippen molar-refractivity contribution < 1.29 is 4.39 Å². The molecule has 2 N–H and O–H groups in total. The number of halogens is 1. The summed E-state index contributed by atoms with van der Waals surface area (Å²) in [5.41, 5.74) is -1.22. The van der Waals surface area contributed by atoms with Crippen molar-refractivity contribution in [1.29, 1.82) is 0 Å². The zero-order valence-electron chi connectivity index (χ0n) is 18.0. The summed E-state index contributed by atoms with van der Waals surface area (Å²) >= 11 is 0. The molecule has 0 spiro atoms. The van der Waals surface area contributed by atoms with E-state index in [4.69, 9.17) is 23.5 Å². The van der Waals surface area contributed by atoms with Gasteiger partial charge in [0.1, 0.15) is 36.7 Å². The Morgan fingerprint density at radius 1 is 1.03 bits per heavy atom. The highest BCUT2D eigenvalue weighted by atomic mass is 19.1. The number of imidazole rings is 1. The van der Waals surface area contributed by atoms with Crippen LogP contribution in [0.4, 0.5) is 10.2 Å². The first-order valence-corrected chi connectivity index (χ1v) is 10.3. The molecule has 6 radical (unpaired) electrons. The van der Waals surface area contributed by atoms with E-state index in [-0.39, 0.29) is 22.5 Å². The van der Waals surface area contributed by atoms with E-state index < -0.39 is 22.0 Å². The fraction of sp³-hybridized carbons (Fsp3) is 0.136. The minimum Gasteiger partial charge on any atom is -0.365 e. The van der Waals surface area contributed by atoms with Crippen LogP contribution in [0.25, 0.3) is 27.8 Å². The molecule has 2 aromatic carbocycles. The number of benzene rings is 2. The van der Waals surface area contributed by atoms with Gasteiger partial charge < -0.3 is 10.3 Å². The van der Waals surface area contributed by atoms with Gasteiger partial charge in [-0.3, -0.25) is 9.36 Å². The number of H-pyrrole nitrogens is 1. The zero-order chi connectivity index (χ0) is 24.1. The van der Waals surface area contributed by atoms with Gasteiger partial charge in [0.25, 0.3) is 5.56 Å². The molecule has 0 unspecified atom stereocenters. The SMILES string of the molecule is [B]C([B])(C)[C@]([B])(Nc1ncnc2nc[nH]c12)c1nc2cccc(F)c2c(=O)n1-c1ccccc1. The van der Waals surface area contributed by atoms with E-state index in [2.05, 4.69) is 30.2 Å². The standard InChI is InChI=1S/C22H15B3FN7O/c1-21(23,24)22(25,32-18-16-17(28-10-27-16)29-11-30-18)20-31-14-9-5-8-13(26)15(14)19(34)33(20)12-6-3-2-4-7-12/h2-11H,1H3,(H2,27,28,29,30,32)/t22-/m1/s1. The Kier molecular flexibility index (Phi) is 5.04. The first kappa shape index (κ1) is 21.9. The van der Waals surface area contributed by atoms with Crippen LogP contribution in [0.5, 0.6) is 0 Å². The minimum absolute atomic E-state index is 0.0411. The van der Waals surface area contributed by atoms with Gasteiger partial charge in [-0.25, -0.2) is 24.3 Å². The summed E-state index contributed by atoms with van der Waals surface area (Å²) in [6.07, 6.45) is 2.74. The molecule has 3 heterocycles. The lowest BCUT2D eigenvalue weighted by atomic mass is 9.40. The summed E-state index contributed by atoms with van der Waals surface area (Å²) in [5.74, 6) is -0.513. The third kappa shape index (κ3) is 3.37. The highest BCUT2D eigenvalue weighted by molar-refractivity contribution is 6.45. The van der Waals surface area contributed by atoms with Crippen molar-refractivity contribution in [3.05, 3.63) is 83.2 Å². The van der Waals surface area contributed by atoms with Crippen molar-refractivity contribution in [2.75, 3.05) is 5.32 Å². The number of anilines is 1. The number of fused-ring (bicyclic) bond motifs is 2. The molecular weight excluding hydrogens is 430 g/mol. The van der Waals surface area contributed by atoms with Crippen LogP contribution >= 0.6 is 0 Å². The van der Waals surface area contributed by atoms with E-state index in [1.54, 1.807) is 30.3 Å². The van der Waals surface area contributed by atoms with Crippen molar-refractivity contribution in [2.24, 2.45) is 0 Å². The van der Waals surface area contributed by atoms with Crippen LogP contribution < -0.4 is 10.9 Å². The maximum atomic E-state index is 14.7. The van der Waals surface area contributed by atoms with Gasteiger partial charge in [0.2, 0.25) is 0 Å². The Balaban J connectivity index is 1.86. The number of para-hydroxylation sites is 1. The molecule has 0 bridgehead atoms. The van der Waals surface area contributed by atoms with Crippen molar-refractivity contribution in [3.63, 3.8) is 0 Å². The molecule has 3 aromatic heterocycles. The minimum atomic E-state index is -1.88. The predicted molar refractivity (Wildman–Crippen MR) is 130 cm³/mol. The number of nitrogens with one attached hydrogen (secondary N) is 2. The number of aromatic amines is 1. The zero-order valence-corrected chi connectivity index (χ0v) is 18.0. The van der Waals surface area contributed by atoms with Crippen LogP contribution in [-0.2, 0) is 5.44 Å². The maximum absolute atomic E-state index is 14.7. The molecule has 1 atom stereocenters. The van der Waals surface area contributed by atoms with Crippen molar-refractivity contribution in [1.82, 2.24) is 29.5 Å². The Morgan fingerprint density at radius 3 is 2.53 bits per heavy atom. The van der Waals surface area contributed by atoms with Crippen LogP contribution in [-0.4, -0.2) is 53.0 Å². The molecule has 5 rings (SSSR count). The molecule has 0 aliphatic heterocycles.